The fourth-order valence-electron chi connectivity index (χ4n) is 3.22. The lowest BCUT2D eigenvalue weighted by molar-refractivity contribution is 0.318. The van der Waals surface area contributed by atoms with Crippen LogP contribution in [-0.4, -0.2) is 21.3 Å². The highest BCUT2D eigenvalue weighted by Crippen LogP contribution is 2.31. The van der Waals surface area contributed by atoms with Crippen LogP contribution in [0.3, 0.4) is 0 Å². The number of ether oxygens (including phenoxy) is 1. The van der Waals surface area contributed by atoms with Crippen molar-refractivity contribution < 1.29 is 9.84 Å². The molecule has 0 spiro atoms. The minimum atomic E-state index is -0.0502. The van der Waals surface area contributed by atoms with Gasteiger partial charge >= 0.3 is 0 Å². The van der Waals surface area contributed by atoms with Crippen molar-refractivity contribution in [3.05, 3.63) is 63.2 Å². The number of hydrogen-bond donors (Lipinski definition) is 1. The Kier molecular flexibility index (Phi) is 4.17. The molecular formula is C20H17ClN2O3. The molecule has 0 radical (unpaired) electrons. The van der Waals surface area contributed by atoms with Crippen molar-refractivity contribution in [1.82, 2.24) is 9.55 Å². The van der Waals surface area contributed by atoms with Crippen molar-refractivity contribution in [2.24, 2.45) is 0 Å². The van der Waals surface area contributed by atoms with E-state index in [1.165, 1.54) is 0 Å². The minimum Gasteiger partial charge on any atom is -0.504 e. The average Bonchev–Trinajstić information content (AvgIpc) is 3.01. The number of phenols is 1. The number of nitrogens with zero attached hydrogens (tertiary/aromatic N) is 2. The molecule has 5 nitrogen and oxygen atoms in total. The maximum Gasteiger partial charge on any atom is 0.261 e. The van der Waals surface area contributed by atoms with E-state index in [4.69, 9.17) is 16.3 Å². The van der Waals surface area contributed by atoms with Crippen molar-refractivity contribution >= 4 is 34.2 Å². The molecule has 6 heteroatoms. The van der Waals surface area contributed by atoms with Gasteiger partial charge in [-0.15, -0.1) is 0 Å². The largest absolute Gasteiger partial charge is 0.504 e. The summed E-state index contributed by atoms with van der Waals surface area (Å²) in [6.07, 6.45) is 2.70. The standard InChI is InChI=1S/C20H17ClN2O3/c1-2-26-18-10-12(3-6-17(18)24)9-13-7-8-23-19(13)22-16-11-14(21)4-5-15(16)20(23)25/h3-6,9-11,24H,2,7-8H2,1H3/b13-9+. The van der Waals surface area contributed by atoms with Gasteiger partial charge in [-0.3, -0.25) is 9.36 Å². The molecule has 1 aliphatic heterocycles. The molecule has 0 aliphatic carbocycles. The first-order valence-electron chi connectivity index (χ1n) is 8.43. The first-order valence-corrected chi connectivity index (χ1v) is 8.81. The molecule has 0 unspecified atom stereocenters. The van der Waals surface area contributed by atoms with Crippen molar-refractivity contribution in [2.75, 3.05) is 6.61 Å². The number of aromatic hydroxyl groups is 1. The topological polar surface area (TPSA) is 64.4 Å². The van der Waals surface area contributed by atoms with E-state index in [1.807, 2.05) is 19.1 Å². The van der Waals surface area contributed by atoms with Crippen LogP contribution in [0.5, 0.6) is 11.5 Å². The summed E-state index contributed by atoms with van der Waals surface area (Å²) < 4.78 is 7.14. The number of allylic oxidation sites excluding steroid dienone is 1. The van der Waals surface area contributed by atoms with Gasteiger partial charge in [0.25, 0.3) is 5.56 Å². The van der Waals surface area contributed by atoms with E-state index in [0.29, 0.717) is 40.7 Å². The number of rotatable bonds is 3. The zero-order valence-corrected chi connectivity index (χ0v) is 15.0. The Morgan fingerprint density at radius 3 is 2.96 bits per heavy atom. The average molecular weight is 369 g/mol. The van der Waals surface area contributed by atoms with Crippen LogP contribution in [0.25, 0.3) is 22.6 Å². The summed E-state index contributed by atoms with van der Waals surface area (Å²) in [5.74, 6) is 1.21. The minimum absolute atomic E-state index is 0.0502. The van der Waals surface area contributed by atoms with Crippen LogP contribution >= 0.6 is 11.6 Å². The van der Waals surface area contributed by atoms with Gasteiger partial charge in [0, 0.05) is 11.6 Å². The Morgan fingerprint density at radius 1 is 1.31 bits per heavy atom. The van der Waals surface area contributed by atoms with Gasteiger partial charge in [0.05, 0.1) is 17.5 Å². The SMILES string of the molecule is CCOc1cc(/C=C2\CCn3c2nc2cc(Cl)ccc2c3=O)ccc1O. The highest BCUT2D eigenvalue weighted by molar-refractivity contribution is 6.31. The molecule has 2 aromatic carbocycles. The third-order valence-corrected chi connectivity index (χ3v) is 4.67. The molecule has 1 aromatic heterocycles. The molecule has 2 heterocycles. The number of phenolic OH excluding ortho intramolecular Hbond substituents is 1. The first-order chi connectivity index (χ1) is 12.6. The molecular weight excluding hydrogens is 352 g/mol. The Labute approximate surface area is 155 Å². The fraction of sp³-hybridized carbons (Fsp3) is 0.200. The van der Waals surface area contributed by atoms with Crippen LogP contribution in [0.2, 0.25) is 5.02 Å². The van der Waals surface area contributed by atoms with Crippen LogP contribution in [-0.2, 0) is 6.54 Å². The van der Waals surface area contributed by atoms with Gasteiger partial charge in [-0.05, 0) is 60.9 Å². The van der Waals surface area contributed by atoms with Crippen molar-refractivity contribution in [1.29, 1.82) is 0 Å². The van der Waals surface area contributed by atoms with Gasteiger partial charge in [-0.25, -0.2) is 4.98 Å². The van der Waals surface area contributed by atoms with Gasteiger partial charge in [-0.2, -0.15) is 0 Å². The van der Waals surface area contributed by atoms with Crippen LogP contribution in [0.4, 0.5) is 0 Å². The second-order valence-electron chi connectivity index (χ2n) is 6.13. The molecule has 132 valence electrons. The zero-order chi connectivity index (χ0) is 18.3. The van der Waals surface area contributed by atoms with Crippen molar-refractivity contribution in [3.63, 3.8) is 0 Å². The quantitative estimate of drug-likeness (QED) is 0.756. The van der Waals surface area contributed by atoms with Crippen molar-refractivity contribution in [3.8, 4) is 11.5 Å². The van der Waals surface area contributed by atoms with Crippen LogP contribution < -0.4 is 10.3 Å². The molecule has 1 aliphatic rings. The first kappa shape index (κ1) is 16.7. The number of fused-ring (bicyclic) bond motifs is 2. The van der Waals surface area contributed by atoms with Crippen LogP contribution in [0, 0.1) is 0 Å². The van der Waals surface area contributed by atoms with E-state index in [2.05, 4.69) is 4.98 Å². The molecule has 3 aromatic rings. The summed E-state index contributed by atoms with van der Waals surface area (Å²) in [6, 6.07) is 10.3. The zero-order valence-electron chi connectivity index (χ0n) is 14.2. The van der Waals surface area contributed by atoms with Crippen LogP contribution in [0.15, 0.2) is 41.2 Å². The molecule has 0 fully saturated rings. The number of benzene rings is 2. The smallest absolute Gasteiger partial charge is 0.261 e. The lowest BCUT2D eigenvalue weighted by atomic mass is 10.1. The second kappa shape index (κ2) is 6.50. The molecule has 0 atom stereocenters. The van der Waals surface area contributed by atoms with Gasteiger partial charge < -0.3 is 9.84 Å². The van der Waals surface area contributed by atoms with Gasteiger partial charge in [0.15, 0.2) is 11.5 Å². The summed E-state index contributed by atoms with van der Waals surface area (Å²) in [7, 11) is 0. The maximum atomic E-state index is 12.7. The highest BCUT2D eigenvalue weighted by atomic mass is 35.5. The number of aromatic nitrogens is 2. The van der Waals surface area contributed by atoms with E-state index < -0.39 is 0 Å². The predicted octanol–water partition coefficient (Wildman–Crippen LogP) is 4.10. The third kappa shape index (κ3) is 2.84. The molecule has 0 amide bonds. The molecule has 0 saturated carbocycles. The van der Waals surface area contributed by atoms with Crippen LogP contribution in [0.1, 0.15) is 24.7 Å². The maximum absolute atomic E-state index is 12.7. The molecule has 26 heavy (non-hydrogen) atoms. The Morgan fingerprint density at radius 2 is 2.15 bits per heavy atom. The Balaban J connectivity index is 1.83. The lowest BCUT2D eigenvalue weighted by Gasteiger charge is -2.08. The normalized spacial score (nSPS) is 14.8. The van der Waals surface area contributed by atoms with Gasteiger partial charge in [0.2, 0.25) is 0 Å². The van der Waals surface area contributed by atoms with E-state index in [-0.39, 0.29) is 11.3 Å². The van der Waals surface area contributed by atoms with Gasteiger partial charge in [0.1, 0.15) is 5.82 Å². The molecule has 0 bridgehead atoms. The molecule has 1 N–H and O–H groups in total. The number of hydrogen-bond acceptors (Lipinski definition) is 4. The second-order valence-corrected chi connectivity index (χ2v) is 6.57. The summed E-state index contributed by atoms with van der Waals surface area (Å²) in [4.78, 5) is 17.4. The van der Waals surface area contributed by atoms with Crippen molar-refractivity contribution in [2.45, 2.75) is 19.9 Å². The Bertz CT molecular complexity index is 1100. The summed E-state index contributed by atoms with van der Waals surface area (Å²) in [5, 5.41) is 11.0. The highest BCUT2D eigenvalue weighted by Gasteiger charge is 2.21. The number of halogens is 1. The monoisotopic (exact) mass is 368 g/mol. The fourth-order valence-corrected chi connectivity index (χ4v) is 3.39. The lowest BCUT2D eigenvalue weighted by Crippen LogP contribution is -2.20. The molecule has 4 rings (SSSR count). The van der Waals surface area contributed by atoms with E-state index in [1.54, 1.807) is 34.9 Å². The van der Waals surface area contributed by atoms with E-state index >= 15 is 0 Å². The van der Waals surface area contributed by atoms with E-state index in [0.717, 1.165) is 17.6 Å². The van der Waals surface area contributed by atoms with Gasteiger partial charge in [-0.1, -0.05) is 17.7 Å². The summed E-state index contributed by atoms with van der Waals surface area (Å²) in [6.45, 7) is 2.94. The third-order valence-electron chi connectivity index (χ3n) is 4.43. The molecule has 0 saturated heterocycles. The summed E-state index contributed by atoms with van der Waals surface area (Å²) in [5.41, 5.74) is 2.40. The Hall–Kier alpha value is -2.79. The van der Waals surface area contributed by atoms with E-state index in [9.17, 15) is 9.90 Å². The predicted molar refractivity (Wildman–Crippen MR) is 103 cm³/mol. The summed E-state index contributed by atoms with van der Waals surface area (Å²) >= 11 is 6.05.